The first-order valence-corrected chi connectivity index (χ1v) is 6.06. The van der Waals surface area contributed by atoms with Crippen LogP contribution in [0.5, 0.6) is 0 Å². The number of hydrogen-bond donors (Lipinski definition) is 1. The molecule has 0 amide bonds. The maximum Gasteiger partial charge on any atom is 0.196 e. The minimum atomic E-state index is 0.653. The van der Waals surface area contributed by atoms with Gasteiger partial charge in [0.15, 0.2) is 11.6 Å². The molecule has 3 heterocycles. The first-order valence-electron chi connectivity index (χ1n) is 6.06. The molecule has 2 aromatic rings. The van der Waals surface area contributed by atoms with Gasteiger partial charge < -0.3 is 9.73 Å². The highest BCUT2D eigenvalue weighted by Crippen LogP contribution is 2.42. The lowest BCUT2D eigenvalue weighted by Gasteiger charge is -2.07. The quantitative estimate of drug-likeness (QED) is 0.854. The fourth-order valence-electron chi connectivity index (χ4n) is 2.40. The van der Waals surface area contributed by atoms with Crippen molar-refractivity contribution < 1.29 is 4.42 Å². The smallest absolute Gasteiger partial charge is 0.196 e. The number of nitrogens with one attached hydrogen (secondary N) is 1. The van der Waals surface area contributed by atoms with Crippen molar-refractivity contribution >= 4 is 0 Å². The Bertz CT molecular complexity index is 558. The maximum atomic E-state index is 5.39. The van der Waals surface area contributed by atoms with Crippen LogP contribution in [0, 0.1) is 0 Å². The third-order valence-electron chi connectivity index (χ3n) is 3.42. The Morgan fingerprint density at radius 3 is 2.94 bits per heavy atom. The van der Waals surface area contributed by atoms with Gasteiger partial charge in [0, 0.05) is 24.6 Å². The van der Waals surface area contributed by atoms with Gasteiger partial charge >= 0.3 is 0 Å². The SMILES string of the molecule is c1coc(-c2nc3c(c(C4CC4)n2)CNC3)c1. The summed E-state index contributed by atoms with van der Waals surface area (Å²) >= 11 is 0. The van der Waals surface area contributed by atoms with Crippen molar-refractivity contribution in [1.82, 2.24) is 15.3 Å². The monoisotopic (exact) mass is 227 g/mol. The largest absolute Gasteiger partial charge is 0.461 e. The average Bonchev–Trinajstić information content (AvgIpc) is 2.88. The summed E-state index contributed by atoms with van der Waals surface area (Å²) in [7, 11) is 0. The summed E-state index contributed by atoms with van der Waals surface area (Å²) in [6.45, 7) is 1.77. The van der Waals surface area contributed by atoms with Crippen LogP contribution in [0.2, 0.25) is 0 Å². The molecule has 2 aromatic heterocycles. The summed E-state index contributed by atoms with van der Waals surface area (Å²) in [5, 5.41) is 3.35. The molecule has 4 rings (SSSR count). The Morgan fingerprint density at radius 1 is 1.24 bits per heavy atom. The molecule has 1 saturated carbocycles. The third-order valence-corrected chi connectivity index (χ3v) is 3.42. The molecule has 0 atom stereocenters. The highest BCUT2D eigenvalue weighted by Gasteiger charge is 2.31. The van der Waals surface area contributed by atoms with E-state index in [-0.39, 0.29) is 0 Å². The van der Waals surface area contributed by atoms with Gasteiger partial charge in [0.2, 0.25) is 0 Å². The van der Waals surface area contributed by atoms with Crippen LogP contribution in [0.25, 0.3) is 11.6 Å². The topological polar surface area (TPSA) is 51.0 Å². The second-order valence-electron chi connectivity index (χ2n) is 4.71. The van der Waals surface area contributed by atoms with Crippen molar-refractivity contribution in [3.8, 4) is 11.6 Å². The molecule has 4 heteroatoms. The van der Waals surface area contributed by atoms with Gasteiger partial charge in [-0.3, -0.25) is 0 Å². The summed E-state index contributed by atoms with van der Waals surface area (Å²) in [4.78, 5) is 9.30. The highest BCUT2D eigenvalue weighted by molar-refractivity contribution is 5.49. The molecule has 2 aliphatic rings. The fraction of sp³-hybridized carbons (Fsp3) is 0.385. The lowest BCUT2D eigenvalue weighted by Crippen LogP contribution is -2.02. The molecule has 0 bridgehead atoms. The van der Waals surface area contributed by atoms with E-state index in [1.54, 1.807) is 6.26 Å². The van der Waals surface area contributed by atoms with Crippen LogP contribution < -0.4 is 5.32 Å². The van der Waals surface area contributed by atoms with E-state index in [1.807, 2.05) is 12.1 Å². The average molecular weight is 227 g/mol. The number of nitrogens with zero attached hydrogens (tertiary/aromatic N) is 2. The van der Waals surface area contributed by atoms with Crippen LogP contribution in [0.1, 0.15) is 35.7 Å². The Balaban J connectivity index is 1.89. The standard InChI is InChI=1S/C13H13N3O/c1-2-11(17-5-1)13-15-10-7-14-6-9(10)12(16-13)8-3-4-8/h1-2,5,8,14H,3-4,6-7H2. The number of fused-ring (bicyclic) bond motifs is 1. The molecule has 0 unspecified atom stereocenters. The van der Waals surface area contributed by atoms with Gasteiger partial charge in [-0.2, -0.15) is 0 Å². The van der Waals surface area contributed by atoms with Gasteiger partial charge in [0.1, 0.15) is 0 Å². The molecule has 1 aliphatic heterocycles. The van der Waals surface area contributed by atoms with Crippen molar-refractivity contribution in [2.24, 2.45) is 0 Å². The Labute approximate surface area is 99.1 Å². The maximum absolute atomic E-state index is 5.39. The summed E-state index contributed by atoms with van der Waals surface area (Å²) in [6.07, 6.45) is 4.20. The number of furan rings is 1. The Morgan fingerprint density at radius 2 is 2.18 bits per heavy atom. The van der Waals surface area contributed by atoms with Gasteiger partial charge in [-0.1, -0.05) is 0 Å². The van der Waals surface area contributed by atoms with E-state index < -0.39 is 0 Å². The second kappa shape index (κ2) is 3.40. The zero-order valence-electron chi connectivity index (χ0n) is 9.44. The van der Waals surface area contributed by atoms with Crippen LogP contribution in [-0.4, -0.2) is 9.97 Å². The summed E-state index contributed by atoms with van der Waals surface area (Å²) in [6, 6.07) is 3.79. The predicted octanol–water partition coefficient (Wildman–Crippen LogP) is 2.22. The first-order chi connectivity index (χ1) is 8.42. The third kappa shape index (κ3) is 1.48. The molecule has 1 fully saturated rings. The van der Waals surface area contributed by atoms with Crippen LogP contribution in [0.3, 0.4) is 0 Å². The highest BCUT2D eigenvalue weighted by atomic mass is 16.3. The van der Waals surface area contributed by atoms with Gasteiger partial charge in [0.25, 0.3) is 0 Å². The van der Waals surface area contributed by atoms with Crippen molar-refractivity contribution in [3.05, 3.63) is 35.3 Å². The fourth-order valence-corrected chi connectivity index (χ4v) is 2.40. The molecule has 17 heavy (non-hydrogen) atoms. The van der Waals surface area contributed by atoms with Gasteiger partial charge in [-0.25, -0.2) is 9.97 Å². The molecule has 0 spiro atoms. The van der Waals surface area contributed by atoms with E-state index in [2.05, 4.69) is 10.3 Å². The normalized spacial score (nSPS) is 18.4. The van der Waals surface area contributed by atoms with E-state index >= 15 is 0 Å². The number of aromatic nitrogens is 2. The minimum absolute atomic E-state index is 0.653. The van der Waals surface area contributed by atoms with E-state index in [0.717, 1.165) is 30.4 Å². The van der Waals surface area contributed by atoms with Gasteiger partial charge in [-0.15, -0.1) is 0 Å². The van der Waals surface area contributed by atoms with Gasteiger partial charge in [-0.05, 0) is 25.0 Å². The molecule has 1 aliphatic carbocycles. The van der Waals surface area contributed by atoms with Crippen molar-refractivity contribution in [2.75, 3.05) is 0 Å². The molecule has 0 aromatic carbocycles. The molecular weight excluding hydrogens is 214 g/mol. The summed E-state index contributed by atoms with van der Waals surface area (Å²) < 4.78 is 5.39. The van der Waals surface area contributed by atoms with Crippen molar-refractivity contribution in [2.45, 2.75) is 31.8 Å². The molecule has 86 valence electrons. The van der Waals surface area contributed by atoms with E-state index in [9.17, 15) is 0 Å². The molecule has 4 nitrogen and oxygen atoms in total. The predicted molar refractivity (Wildman–Crippen MR) is 62.3 cm³/mol. The van der Waals surface area contributed by atoms with Crippen LogP contribution in [0.15, 0.2) is 22.8 Å². The lowest BCUT2D eigenvalue weighted by molar-refractivity contribution is 0.576. The van der Waals surface area contributed by atoms with Crippen LogP contribution >= 0.6 is 0 Å². The molecule has 0 radical (unpaired) electrons. The lowest BCUT2D eigenvalue weighted by atomic mass is 10.1. The Hall–Kier alpha value is -1.68. The molecule has 0 saturated heterocycles. The van der Waals surface area contributed by atoms with Crippen LogP contribution in [-0.2, 0) is 13.1 Å². The first kappa shape index (κ1) is 9.36. The zero-order valence-corrected chi connectivity index (χ0v) is 9.44. The number of rotatable bonds is 2. The number of hydrogen-bond acceptors (Lipinski definition) is 4. The Kier molecular flexibility index (Phi) is 1.87. The summed E-state index contributed by atoms with van der Waals surface area (Å²) in [5.74, 6) is 2.15. The molecular formula is C13H13N3O. The van der Waals surface area contributed by atoms with Gasteiger partial charge in [0.05, 0.1) is 17.7 Å². The summed E-state index contributed by atoms with van der Waals surface area (Å²) in [5.41, 5.74) is 3.71. The second-order valence-corrected chi connectivity index (χ2v) is 4.71. The van der Waals surface area contributed by atoms with E-state index in [1.165, 1.54) is 24.1 Å². The van der Waals surface area contributed by atoms with Crippen LogP contribution in [0.4, 0.5) is 0 Å². The zero-order chi connectivity index (χ0) is 11.2. The molecule has 1 N–H and O–H groups in total. The van der Waals surface area contributed by atoms with Crippen molar-refractivity contribution in [3.63, 3.8) is 0 Å². The van der Waals surface area contributed by atoms with E-state index in [4.69, 9.17) is 9.40 Å². The van der Waals surface area contributed by atoms with Crippen molar-refractivity contribution in [1.29, 1.82) is 0 Å². The van der Waals surface area contributed by atoms with E-state index in [0.29, 0.717) is 5.92 Å². The minimum Gasteiger partial charge on any atom is -0.461 e.